The summed E-state index contributed by atoms with van der Waals surface area (Å²) in [4.78, 5) is 0. The summed E-state index contributed by atoms with van der Waals surface area (Å²) in [6.07, 6.45) is 6.78. The topological polar surface area (TPSA) is 40.5 Å². The molecule has 108 valence electrons. The quantitative estimate of drug-likeness (QED) is 0.757. The Kier molecular flexibility index (Phi) is 2.69. The Labute approximate surface area is 120 Å². The van der Waals surface area contributed by atoms with Gasteiger partial charge in [-0.3, -0.25) is 0 Å². The molecule has 1 aromatic carbocycles. The minimum absolute atomic E-state index is 0.0883. The summed E-state index contributed by atoms with van der Waals surface area (Å²) in [5, 5.41) is 20.0. The van der Waals surface area contributed by atoms with Crippen molar-refractivity contribution < 1.29 is 10.2 Å². The van der Waals surface area contributed by atoms with E-state index in [2.05, 4.69) is 13.0 Å². The van der Waals surface area contributed by atoms with Crippen molar-refractivity contribution in [3.63, 3.8) is 0 Å². The van der Waals surface area contributed by atoms with Crippen LogP contribution in [0.2, 0.25) is 0 Å². The minimum atomic E-state index is -0.0883. The van der Waals surface area contributed by atoms with Crippen molar-refractivity contribution in [2.24, 2.45) is 17.3 Å². The highest BCUT2D eigenvalue weighted by Crippen LogP contribution is 2.60. The number of aryl methyl sites for hydroxylation is 1. The predicted molar refractivity (Wildman–Crippen MR) is 78.7 cm³/mol. The first-order chi connectivity index (χ1) is 9.59. The van der Waals surface area contributed by atoms with Crippen LogP contribution in [-0.4, -0.2) is 16.3 Å². The molecule has 2 saturated carbocycles. The number of phenolic OH excluding ortho intramolecular Hbond substituents is 1. The summed E-state index contributed by atoms with van der Waals surface area (Å²) in [5.74, 6) is 2.49. The Morgan fingerprint density at radius 3 is 2.85 bits per heavy atom. The number of benzene rings is 1. The second kappa shape index (κ2) is 4.24. The highest BCUT2D eigenvalue weighted by molar-refractivity contribution is 5.40. The molecule has 0 spiro atoms. The molecule has 4 rings (SSSR count). The lowest BCUT2D eigenvalue weighted by Crippen LogP contribution is -2.43. The van der Waals surface area contributed by atoms with E-state index in [1.54, 1.807) is 0 Å². The molecule has 3 aliphatic rings. The summed E-state index contributed by atoms with van der Waals surface area (Å²) >= 11 is 0. The monoisotopic (exact) mass is 272 g/mol. The van der Waals surface area contributed by atoms with Crippen molar-refractivity contribution in [2.45, 2.75) is 57.5 Å². The average molecular weight is 272 g/mol. The summed E-state index contributed by atoms with van der Waals surface area (Å²) in [7, 11) is 0. The third kappa shape index (κ3) is 1.60. The van der Waals surface area contributed by atoms with Crippen LogP contribution >= 0.6 is 0 Å². The predicted octanol–water partition coefficient (Wildman–Crippen LogP) is 3.61. The zero-order chi connectivity index (χ0) is 13.9. The van der Waals surface area contributed by atoms with Crippen LogP contribution in [-0.2, 0) is 6.42 Å². The lowest BCUT2D eigenvalue weighted by Gasteiger charge is -2.50. The molecule has 2 heteroatoms. The fourth-order valence-corrected chi connectivity index (χ4v) is 5.54. The fourth-order valence-electron chi connectivity index (χ4n) is 5.54. The van der Waals surface area contributed by atoms with E-state index in [4.69, 9.17) is 0 Å². The molecule has 0 amide bonds. The van der Waals surface area contributed by atoms with Crippen LogP contribution in [0.1, 0.15) is 56.1 Å². The van der Waals surface area contributed by atoms with E-state index in [0.717, 1.165) is 25.2 Å². The van der Waals surface area contributed by atoms with E-state index in [0.29, 0.717) is 17.6 Å². The molecule has 0 aromatic heterocycles. The van der Waals surface area contributed by atoms with E-state index in [1.165, 1.54) is 30.4 Å². The molecule has 2 N–H and O–H groups in total. The lowest BCUT2D eigenvalue weighted by molar-refractivity contribution is -0.0226. The van der Waals surface area contributed by atoms with Crippen molar-refractivity contribution in [3.8, 4) is 5.75 Å². The molecule has 2 fully saturated rings. The Hall–Kier alpha value is -1.02. The van der Waals surface area contributed by atoms with Crippen molar-refractivity contribution >= 4 is 0 Å². The van der Waals surface area contributed by atoms with Gasteiger partial charge in [0.1, 0.15) is 5.75 Å². The number of fused-ring (bicyclic) bond motifs is 5. The fraction of sp³-hybridized carbons (Fsp3) is 0.667. The van der Waals surface area contributed by atoms with Gasteiger partial charge in [-0.15, -0.1) is 0 Å². The molecule has 0 radical (unpaired) electrons. The molecular weight excluding hydrogens is 248 g/mol. The molecule has 0 bridgehead atoms. The highest BCUT2D eigenvalue weighted by Gasteiger charge is 2.54. The van der Waals surface area contributed by atoms with Gasteiger partial charge in [-0.1, -0.05) is 13.0 Å². The standard InChI is InChI=1S/C18H24O2/c1-18-9-8-14-13-5-3-12(19)10-11(13)2-4-15(14)16(18)6-7-17(18)20/h3,5,10,14-17,19-20H,2,4,6-9H2,1H3/t14-,15-,16+,17-,18+/m0/s1. The Morgan fingerprint density at radius 1 is 1.15 bits per heavy atom. The molecule has 0 unspecified atom stereocenters. The van der Waals surface area contributed by atoms with E-state index in [-0.39, 0.29) is 11.5 Å². The number of hydrogen-bond donors (Lipinski definition) is 2. The third-order valence-corrected chi connectivity index (χ3v) is 6.66. The van der Waals surface area contributed by atoms with E-state index >= 15 is 0 Å². The van der Waals surface area contributed by atoms with Crippen LogP contribution in [0.3, 0.4) is 0 Å². The first-order valence-electron chi connectivity index (χ1n) is 8.09. The van der Waals surface area contributed by atoms with Crippen molar-refractivity contribution in [3.05, 3.63) is 29.3 Å². The van der Waals surface area contributed by atoms with Gasteiger partial charge in [0.2, 0.25) is 0 Å². The summed E-state index contributed by atoms with van der Waals surface area (Å²) in [5.41, 5.74) is 2.99. The van der Waals surface area contributed by atoms with Crippen LogP contribution in [0.5, 0.6) is 5.75 Å². The maximum atomic E-state index is 10.4. The molecule has 3 aliphatic carbocycles. The number of aromatic hydroxyl groups is 1. The van der Waals surface area contributed by atoms with E-state index < -0.39 is 0 Å². The van der Waals surface area contributed by atoms with Crippen LogP contribution in [0, 0.1) is 17.3 Å². The molecule has 2 nitrogen and oxygen atoms in total. The van der Waals surface area contributed by atoms with Crippen molar-refractivity contribution in [1.29, 1.82) is 0 Å². The highest BCUT2D eigenvalue weighted by atomic mass is 16.3. The minimum Gasteiger partial charge on any atom is -0.508 e. The Balaban J connectivity index is 1.71. The number of hydrogen-bond acceptors (Lipinski definition) is 2. The van der Waals surface area contributed by atoms with Gasteiger partial charge in [0.25, 0.3) is 0 Å². The molecule has 0 heterocycles. The van der Waals surface area contributed by atoms with Gasteiger partial charge in [-0.05, 0) is 85.0 Å². The Bertz CT molecular complexity index is 538. The second-order valence-electron chi connectivity index (χ2n) is 7.44. The van der Waals surface area contributed by atoms with Gasteiger partial charge in [-0.2, -0.15) is 0 Å². The maximum Gasteiger partial charge on any atom is 0.115 e. The second-order valence-corrected chi connectivity index (χ2v) is 7.44. The molecule has 1 aromatic rings. The number of aliphatic hydroxyl groups is 1. The zero-order valence-corrected chi connectivity index (χ0v) is 12.2. The van der Waals surface area contributed by atoms with Gasteiger partial charge in [-0.25, -0.2) is 0 Å². The van der Waals surface area contributed by atoms with Gasteiger partial charge < -0.3 is 10.2 Å². The van der Waals surface area contributed by atoms with Crippen molar-refractivity contribution in [1.82, 2.24) is 0 Å². The number of rotatable bonds is 0. The van der Waals surface area contributed by atoms with Crippen LogP contribution in [0.25, 0.3) is 0 Å². The normalized spacial score (nSPS) is 42.7. The Morgan fingerprint density at radius 2 is 2.00 bits per heavy atom. The van der Waals surface area contributed by atoms with Gasteiger partial charge in [0.05, 0.1) is 6.10 Å². The molecule has 20 heavy (non-hydrogen) atoms. The summed E-state index contributed by atoms with van der Waals surface area (Å²) in [6, 6.07) is 5.96. The lowest BCUT2D eigenvalue weighted by atomic mass is 9.55. The van der Waals surface area contributed by atoms with E-state index in [1.807, 2.05) is 12.1 Å². The van der Waals surface area contributed by atoms with Crippen LogP contribution < -0.4 is 0 Å². The number of aliphatic hydroxyl groups excluding tert-OH is 1. The van der Waals surface area contributed by atoms with Crippen LogP contribution in [0.4, 0.5) is 0 Å². The van der Waals surface area contributed by atoms with Gasteiger partial charge >= 0.3 is 0 Å². The van der Waals surface area contributed by atoms with Gasteiger partial charge in [0.15, 0.2) is 0 Å². The first-order valence-corrected chi connectivity index (χ1v) is 8.09. The molecule has 5 atom stereocenters. The third-order valence-electron chi connectivity index (χ3n) is 6.66. The first kappa shape index (κ1) is 12.7. The smallest absolute Gasteiger partial charge is 0.115 e. The van der Waals surface area contributed by atoms with E-state index in [9.17, 15) is 10.2 Å². The maximum absolute atomic E-state index is 10.4. The zero-order valence-electron chi connectivity index (χ0n) is 12.2. The SMILES string of the molecule is C[C@@]12CC[C@H]3c4ccc(O)cc4CC[C@@H]3[C@H]1CC[C@@H]2O. The molecular formula is C18H24O2. The summed E-state index contributed by atoms with van der Waals surface area (Å²) in [6.45, 7) is 2.32. The molecule has 0 saturated heterocycles. The molecule has 0 aliphatic heterocycles. The summed E-state index contributed by atoms with van der Waals surface area (Å²) < 4.78 is 0. The largest absolute Gasteiger partial charge is 0.508 e. The number of phenols is 1. The van der Waals surface area contributed by atoms with Gasteiger partial charge in [0, 0.05) is 0 Å². The van der Waals surface area contributed by atoms with Crippen molar-refractivity contribution in [2.75, 3.05) is 0 Å². The van der Waals surface area contributed by atoms with Crippen LogP contribution in [0.15, 0.2) is 18.2 Å². The average Bonchev–Trinajstić information content (AvgIpc) is 2.74.